The molecular formula is C19H18O6. The first kappa shape index (κ1) is 16.9. The highest BCUT2D eigenvalue weighted by Crippen LogP contribution is 2.43. The molecule has 0 aliphatic heterocycles. The number of methoxy groups -OCH3 is 2. The van der Waals surface area contributed by atoms with Crippen LogP contribution >= 0.6 is 0 Å². The first-order valence-corrected chi connectivity index (χ1v) is 7.70. The maximum absolute atomic E-state index is 11.9. The summed E-state index contributed by atoms with van der Waals surface area (Å²) in [7, 11) is 2.99. The summed E-state index contributed by atoms with van der Waals surface area (Å²) in [6.07, 6.45) is 0.0727. The Morgan fingerprint density at radius 2 is 1.92 bits per heavy atom. The normalized spacial score (nSPS) is 10.8. The molecule has 0 fully saturated rings. The van der Waals surface area contributed by atoms with E-state index in [-0.39, 0.29) is 24.6 Å². The molecule has 0 saturated carbocycles. The van der Waals surface area contributed by atoms with E-state index in [1.165, 1.54) is 20.3 Å². The minimum Gasteiger partial charge on any atom is -0.507 e. The van der Waals surface area contributed by atoms with Gasteiger partial charge in [0, 0.05) is 29.5 Å². The molecule has 3 rings (SSSR count). The molecule has 0 aliphatic rings. The molecule has 25 heavy (non-hydrogen) atoms. The van der Waals surface area contributed by atoms with E-state index in [9.17, 15) is 9.90 Å². The number of hydrogen-bond donors (Lipinski definition) is 2. The van der Waals surface area contributed by atoms with Crippen LogP contribution < -0.4 is 9.47 Å². The van der Waals surface area contributed by atoms with Crippen molar-refractivity contribution in [1.29, 1.82) is 0 Å². The second kappa shape index (κ2) is 6.86. The number of carbonyl (C=O) groups is 1. The van der Waals surface area contributed by atoms with Crippen LogP contribution in [0, 0.1) is 0 Å². The first-order valence-electron chi connectivity index (χ1n) is 7.70. The highest BCUT2D eigenvalue weighted by molar-refractivity contribution is 6.00. The molecule has 0 aliphatic carbocycles. The predicted octanol–water partition coefficient (Wildman–Crippen LogP) is 3.39. The number of aliphatic hydroxyl groups is 1. The van der Waals surface area contributed by atoms with E-state index in [1.54, 1.807) is 30.3 Å². The summed E-state index contributed by atoms with van der Waals surface area (Å²) in [5.74, 6) is 1.11. The van der Waals surface area contributed by atoms with E-state index >= 15 is 0 Å². The standard InChI is InChI=1S/C19H18O6/c1-23-13-9-15(22)19(17(10-13)24-2)18-8-12-7-11(14(21)5-6-20)3-4-16(12)25-18/h3-4,7-10,20,22H,5-6H2,1-2H3. The fraction of sp³-hybridized carbons (Fsp3) is 0.211. The lowest BCUT2D eigenvalue weighted by Gasteiger charge is -2.10. The van der Waals surface area contributed by atoms with Crippen molar-refractivity contribution in [3.63, 3.8) is 0 Å². The van der Waals surface area contributed by atoms with Crippen molar-refractivity contribution in [3.05, 3.63) is 42.0 Å². The van der Waals surface area contributed by atoms with Gasteiger partial charge in [0.25, 0.3) is 0 Å². The summed E-state index contributed by atoms with van der Waals surface area (Å²) < 4.78 is 16.3. The highest BCUT2D eigenvalue weighted by atomic mass is 16.5. The zero-order valence-electron chi connectivity index (χ0n) is 13.9. The minimum absolute atomic E-state index is 0.0353. The van der Waals surface area contributed by atoms with Gasteiger partial charge in [-0.2, -0.15) is 0 Å². The summed E-state index contributed by atoms with van der Waals surface area (Å²) in [4.78, 5) is 11.9. The SMILES string of the molecule is COc1cc(O)c(-c2cc3cc(C(=O)CCO)ccc3o2)c(OC)c1. The van der Waals surface area contributed by atoms with Crippen LogP contribution in [0.4, 0.5) is 0 Å². The van der Waals surface area contributed by atoms with E-state index in [0.717, 1.165) is 5.39 Å². The fourth-order valence-electron chi connectivity index (χ4n) is 2.69. The van der Waals surface area contributed by atoms with E-state index < -0.39 is 0 Å². The molecule has 0 saturated heterocycles. The van der Waals surface area contributed by atoms with Crippen LogP contribution in [-0.2, 0) is 0 Å². The van der Waals surface area contributed by atoms with Crippen LogP contribution in [0.25, 0.3) is 22.3 Å². The number of rotatable bonds is 6. The summed E-state index contributed by atoms with van der Waals surface area (Å²) >= 11 is 0. The Labute approximate surface area is 144 Å². The van der Waals surface area contributed by atoms with Crippen molar-refractivity contribution < 1.29 is 28.9 Å². The van der Waals surface area contributed by atoms with Gasteiger partial charge in [0.05, 0.1) is 20.8 Å². The predicted molar refractivity (Wildman–Crippen MR) is 92.5 cm³/mol. The molecule has 130 valence electrons. The molecule has 0 amide bonds. The molecule has 6 nitrogen and oxygen atoms in total. The molecule has 1 heterocycles. The van der Waals surface area contributed by atoms with Crippen LogP contribution in [-0.4, -0.2) is 36.8 Å². The van der Waals surface area contributed by atoms with Gasteiger partial charge in [-0.25, -0.2) is 0 Å². The second-order valence-electron chi connectivity index (χ2n) is 5.48. The van der Waals surface area contributed by atoms with Gasteiger partial charge >= 0.3 is 0 Å². The van der Waals surface area contributed by atoms with Gasteiger partial charge < -0.3 is 24.1 Å². The Morgan fingerprint density at radius 1 is 1.12 bits per heavy atom. The van der Waals surface area contributed by atoms with Gasteiger partial charge in [-0.15, -0.1) is 0 Å². The van der Waals surface area contributed by atoms with Gasteiger partial charge in [0.1, 0.15) is 34.2 Å². The molecular weight excluding hydrogens is 324 g/mol. The van der Waals surface area contributed by atoms with E-state index in [4.69, 9.17) is 19.0 Å². The van der Waals surface area contributed by atoms with E-state index in [1.807, 2.05) is 0 Å². The van der Waals surface area contributed by atoms with E-state index in [2.05, 4.69) is 0 Å². The van der Waals surface area contributed by atoms with Crippen molar-refractivity contribution in [3.8, 4) is 28.6 Å². The quantitative estimate of drug-likeness (QED) is 0.668. The van der Waals surface area contributed by atoms with Crippen LogP contribution in [0.5, 0.6) is 17.2 Å². The number of aliphatic hydroxyl groups excluding tert-OH is 1. The third kappa shape index (κ3) is 3.16. The van der Waals surface area contributed by atoms with Crippen LogP contribution in [0.2, 0.25) is 0 Å². The largest absolute Gasteiger partial charge is 0.507 e. The lowest BCUT2D eigenvalue weighted by Crippen LogP contribution is -2.00. The van der Waals surface area contributed by atoms with Crippen LogP contribution in [0.15, 0.2) is 40.8 Å². The zero-order chi connectivity index (χ0) is 18.0. The molecule has 3 aromatic rings. The summed E-state index contributed by atoms with van der Waals surface area (Å²) in [5, 5.41) is 19.9. The molecule has 0 unspecified atom stereocenters. The molecule has 2 aromatic carbocycles. The number of aromatic hydroxyl groups is 1. The summed E-state index contributed by atoms with van der Waals surface area (Å²) in [6.45, 7) is -0.190. The number of carbonyl (C=O) groups excluding carboxylic acids is 1. The molecule has 6 heteroatoms. The van der Waals surface area contributed by atoms with Gasteiger partial charge in [-0.3, -0.25) is 4.79 Å². The third-order valence-electron chi connectivity index (χ3n) is 3.93. The van der Waals surface area contributed by atoms with Gasteiger partial charge in [-0.1, -0.05) is 0 Å². The monoisotopic (exact) mass is 342 g/mol. The zero-order valence-corrected chi connectivity index (χ0v) is 13.9. The molecule has 0 radical (unpaired) electrons. The van der Waals surface area contributed by atoms with Gasteiger partial charge in [-0.05, 0) is 24.3 Å². The Balaban J connectivity index is 2.09. The number of fused-ring (bicyclic) bond motifs is 1. The lowest BCUT2D eigenvalue weighted by molar-refractivity contribution is 0.0957. The molecule has 0 bridgehead atoms. The fourth-order valence-corrected chi connectivity index (χ4v) is 2.69. The van der Waals surface area contributed by atoms with Crippen molar-refractivity contribution >= 4 is 16.8 Å². The summed E-state index contributed by atoms with van der Waals surface area (Å²) in [5.41, 5.74) is 1.48. The smallest absolute Gasteiger partial charge is 0.165 e. The van der Waals surface area contributed by atoms with Crippen LogP contribution in [0.3, 0.4) is 0 Å². The summed E-state index contributed by atoms with van der Waals surface area (Å²) in [6, 6.07) is 9.90. The molecule has 1 aromatic heterocycles. The van der Waals surface area contributed by atoms with Gasteiger partial charge in [0.15, 0.2) is 5.78 Å². The van der Waals surface area contributed by atoms with E-state index in [0.29, 0.717) is 34.0 Å². The maximum atomic E-state index is 11.9. The number of ketones is 1. The lowest BCUT2D eigenvalue weighted by atomic mass is 10.1. The number of ether oxygens (including phenoxy) is 2. The number of hydrogen-bond acceptors (Lipinski definition) is 6. The third-order valence-corrected chi connectivity index (χ3v) is 3.93. The van der Waals surface area contributed by atoms with Crippen LogP contribution in [0.1, 0.15) is 16.8 Å². The van der Waals surface area contributed by atoms with Gasteiger partial charge in [0.2, 0.25) is 0 Å². The number of phenolic OH excluding ortho intramolecular Hbond substituents is 1. The molecule has 0 spiro atoms. The average Bonchev–Trinajstić information content (AvgIpc) is 3.03. The van der Waals surface area contributed by atoms with Crippen molar-refractivity contribution in [2.75, 3.05) is 20.8 Å². The Bertz CT molecular complexity index is 925. The Hall–Kier alpha value is -2.99. The molecule has 0 atom stereocenters. The van der Waals surface area contributed by atoms with Crippen molar-refractivity contribution in [2.24, 2.45) is 0 Å². The topological polar surface area (TPSA) is 89.1 Å². The Morgan fingerprint density at radius 3 is 2.60 bits per heavy atom. The molecule has 2 N–H and O–H groups in total. The maximum Gasteiger partial charge on any atom is 0.165 e. The van der Waals surface area contributed by atoms with Crippen molar-refractivity contribution in [2.45, 2.75) is 6.42 Å². The first-order chi connectivity index (χ1) is 12.1. The number of furan rings is 1. The minimum atomic E-state index is -0.190. The van der Waals surface area contributed by atoms with Crippen molar-refractivity contribution in [1.82, 2.24) is 0 Å². The number of phenols is 1. The Kier molecular flexibility index (Phi) is 4.63. The number of Topliss-reactive ketones (excluding diaryl/α,β-unsaturated/α-hetero) is 1. The number of benzene rings is 2. The highest BCUT2D eigenvalue weighted by Gasteiger charge is 2.18. The second-order valence-corrected chi connectivity index (χ2v) is 5.48. The average molecular weight is 342 g/mol.